The lowest BCUT2D eigenvalue weighted by molar-refractivity contribution is 0.0530. The SMILES string of the molecule is CCOC(=O)c1sc(C(C)(C)C)nc1C(C)C. The zero-order chi connectivity index (χ0) is 13.2. The van der Waals surface area contributed by atoms with E-state index in [1.165, 1.54) is 11.3 Å². The van der Waals surface area contributed by atoms with Gasteiger partial charge >= 0.3 is 5.97 Å². The monoisotopic (exact) mass is 255 g/mol. The summed E-state index contributed by atoms with van der Waals surface area (Å²) in [7, 11) is 0. The van der Waals surface area contributed by atoms with E-state index < -0.39 is 0 Å². The van der Waals surface area contributed by atoms with E-state index in [9.17, 15) is 4.79 Å². The topological polar surface area (TPSA) is 39.2 Å². The van der Waals surface area contributed by atoms with Gasteiger partial charge < -0.3 is 4.74 Å². The summed E-state index contributed by atoms with van der Waals surface area (Å²) < 4.78 is 5.08. The second kappa shape index (κ2) is 5.17. The number of carbonyl (C=O) groups excluding carboxylic acids is 1. The molecule has 0 unspecified atom stereocenters. The zero-order valence-electron chi connectivity index (χ0n) is 11.5. The van der Waals surface area contributed by atoms with Crippen molar-refractivity contribution in [2.24, 2.45) is 0 Å². The van der Waals surface area contributed by atoms with Crippen LogP contribution in [0.4, 0.5) is 0 Å². The molecule has 0 fully saturated rings. The summed E-state index contributed by atoms with van der Waals surface area (Å²) in [4.78, 5) is 17.1. The summed E-state index contributed by atoms with van der Waals surface area (Å²) in [6, 6.07) is 0. The van der Waals surface area contributed by atoms with E-state index in [1.54, 1.807) is 0 Å². The van der Waals surface area contributed by atoms with Gasteiger partial charge in [0.2, 0.25) is 0 Å². The third kappa shape index (κ3) is 3.28. The number of ether oxygens (including phenoxy) is 1. The van der Waals surface area contributed by atoms with Crippen LogP contribution in [-0.4, -0.2) is 17.6 Å². The summed E-state index contributed by atoms with van der Waals surface area (Å²) in [5, 5.41) is 0.990. The van der Waals surface area contributed by atoms with Crippen molar-refractivity contribution in [3.63, 3.8) is 0 Å². The van der Waals surface area contributed by atoms with Gasteiger partial charge in [0.15, 0.2) is 0 Å². The number of esters is 1. The van der Waals surface area contributed by atoms with Gasteiger partial charge in [-0.2, -0.15) is 0 Å². The summed E-state index contributed by atoms with van der Waals surface area (Å²) in [6.45, 7) is 12.6. The molecule has 1 aromatic rings. The first-order chi connectivity index (χ1) is 7.77. The Labute approximate surface area is 107 Å². The smallest absolute Gasteiger partial charge is 0.350 e. The van der Waals surface area contributed by atoms with E-state index in [2.05, 4.69) is 25.8 Å². The standard InChI is InChI=1S/C13H21NO2S/c1-7-16-11(15)10-9(8(2)3)14-12(17-10)13(4,5)6/h8H,7H2,1-6H3. The number of nitrogens with zero attached hydrogens (tertiary/aromatic N) is 1. The molecule has 0 amide bonds. The van der Waals surface area contributed by atoms with Crippen LogP contribution in [0.15, 0.2) is 0 Å². The van der Waals surface area contributed by atoms with Crippen molar-refractivity contribution in [2.75, 3.05) is 6.61 Å². The van der Waals surface area contributed by atoms with Crippen LogP contribution in [0, 0.1) is 0 Å². The number of aromatic nitrogens is 1. The van der Waals surface area contributed by atoms with Crippen molar-refractivity contribution in [1.82, 2.24) is 4.98 Å². The summed E-state index contributed by atoms with van der Waals surface area (Å²) in [5.74, 6) is -0.00837. The normalized spacial score (nSPS) is 11.9. The Balaban J connectivity index is 3.19. The van der Waals surface area contributed by atoms with E-state index in [4.69, 9.17) is 4.74 Å². The van der Waals surface area contributed by atoms with Gasteiger partial charge in [-0.25, -0.2) is 9.78 Å². The van der Waals surface area contributed by atoms with Gasteiger partial charge in [-0.3, -0.25) is 0 Å². The number of hydrogen-bond acceptors (Lipinski definition) is 4. The molecule has 0 saturated heterocycles. The molecule has 1 aromatic heterocycles. The molecule has 0 atom stereocenters. The third-order valence-electron chi connectivity index (χ3n) is 2.30. The molecule has 0 aliphatic carbocycles. The fourth-order valence-electron chi connectivity index (χ4n) is 1.39. The molecule has 17 heavy (non-hydrogen) atoms. The lowest BCUT2D eigenvalue weighted by Crippen LogP contribution is -2.10. The predicted octanol–water partition coefficient (Wildman–Crippen LogP) is 3.74. The molecule has 0 spiro atoms. The molecule has 0 saturated carbocycles. The van der Waals surface area contributed by atoms with Crippen LogP contribution >= 0.6 is 11.3 Å². The Hall–Kier alpha value is -0.900. The minimum absolute atomic E-state index is 0.0287. The molecule has 0 aromatic carbocycles. The van der Waals surface area contributed by atoms with Crippen LogP contribution in [0.2, 0.25) is 0 Å². The fraction of sp³-hybridized carbons (Fsp3) is 0.692. The van der Waals surface area contributed by atoms with Gasteiger partial charge in [0.05, 0.1) is 17.3 Å². The molecule has 0 N–H and O–H groups in total. The lowest BCUT2D eigenvalue weighted by Gasteiger charge is -2.13. The average molecular weight is 255 g/mol. The van der Waals surface area contributed by atoms with Crippen molar-refractivity contribution in [1.29, 1.82) is 0 Å². The summed E-state index contributed by atoms with van der Waals surface area (Å²) in [6.07, 6.45) is 0. The van der Waals surface area contributed by atoms with E-state index in [0.717, 1.165) is 10.7 Å². The zero-order valence-corrected chi connectivity index (χ0v) is 12.3. The molecule has 1 rings (SSSR count). The highest BCUT2D eigenvalue weighted by atomic mass is 32.1. The second-order valence-electron chi connectivity index (χ2n) is 5.36. The van der Waals surface area contributed by atoms with Gasteiger partial charge in [0.1, 0.15) is 4.88 Å². The van der Waals surface area contributed by atoms with Crippen molar-refractivity contribution < 1.29 is 9.53 Å². The van der Waals surface area contributed by atoms with Crippen LogP contribution in [0.25, 0.3) is 0 Å². The highest BCUT2D eigenvalue weighted by Crippen LogP contribution is 2.32. The molecule has 0 bridgehead atoms. The molecular formula is C13H21NO2S. The second-order valence-corrected chi connectivity index (χ2v) is 6.36. The van der Waals surface area contributed by atoms with Crippen molar-refractivity contribution in [3.05, 3.63) is 15.6 Å². The highest BCUT2D eigenvalue weighted by molar-refractivity contribution is 7.13. The first-order valence-corrected chi connectivity index (χ1v) is 6.77. The van der Waals surface area contributed by atoms with Crippen LogP contribution in [0.1, 0.15) is 67.8 Å². The van der Waals surface area contributed by atoms with Crippen LogP contribution in [0.5, 0.6) is 0 Å². The number of thiazole rings is 1. The Morgan fingerprint density at radius 1 is 1.41 bits per heavy atom. The first kappa shape index (κ1) is 14.2. The highest BCUT2D eigenvalue weighted by Gasteiger charge is 2.26. The Bertz CT molecular complexity index is 402. The number of rotatable bonds is 3. The Morgan fingerprint density at radius 2 is 2.00 bits per heavy atom. The van der Waals surface area contributed by atoms with E-state index in [1.807, 2.05) is 20.8 Å². The van der Waals surface area contributed by atoms with Gasteiger partial charge in [0, 0.05) is 5.41 Å². The van der Waals surface area contributed by atoms with Gasteiger partial charge in [-0.15, -0.1) is 11.3 Å². The molecule has 0 aliphatic heterocycles. The molecule has 0 radical (unpaired) electrons. The molecular weight excluding hydrogens is 234 g/mol. The van der Waals surface area contributed by atoms with E-state index in [0.29, 0.717) is 11.5 Å². The maximum atomic E-state index is 11.9. The van der Waals surface area contributed by atoms with Crippen molar-refractivity contribution in [3.8, 4) is 0 Å². The molecule has 0 aliphatic rings. The quantitative estimate of drug-likeness (QED) is 0.772. The molecule has 3 nitrogen and oxygen atoms in total. The number of hydrogen-bond donors (Lipinski definition) is 0. The molecule has 4 heteroatoms. The van der Waals surface area contributed by atoms with Crippen LogP contribution in [-0.2, 0) is 10.2 Å². The summed E-state index contributed by atoms with van der Waals surface area (Å²) in [5.41, 5.74) is 0.831. The average Bonchev–Trinajstić information content (AvgIpc) is 2.61. The minimum atomic E-state index is -0.246. The Kier molecular flexibility index (Phi) is 4.31. The third-order valence-corrected chi connectivity index (χ3v) is 3.78. The summed E-state index contributed by atoms with van der Waals surface area (Å²) >= 11 is 1.46. The van der Waals surface area contributed by atoms with Crippen molar-refractivity contribution >= 4 is 17.3 Å². The van der Waals surface area contributed by atoms with E-state index >= 15 is 0 Å². The first-order valence-electron chi connectivity index (χ1n) is 5.95. The van der Waals surface area contributed by atoms with Gasteiger partial charge in [-0.1, -0.05) is 34.6 Å². The predicted molar refractivity (Wildman–Crippen MR) is 70.9 cm³/mol. The van der Waals surface area contributed by atoms with Gasteiger partial charge in [0.25, 0.3) is 0 Å². The lowest BCUT2D eigenvalue weighted by atomic mass is 9.98. The minimum Gasteiger partial charge on any atom is -0.462 e. The maximum absolute atomic E-state index is 11.9. The van der Waals surface area contributed by atoms with E-state index in [-0.39, 0.29) is 17.3 Å². The number of carbonyl (C=O) groups is 1. The largest absolute Gasteiger partial charge is 0.462 e. The molecule has 96 valence electrons. The van der Waals surface area contributed by atoms with Crippen molar-refractivity contribution in [2.45, 2.75) is 52.9 Å². The van der Waals surface area contributed by atoms with Crippen LogP contribution < -0.4 is 0 Å². The maximum Gasteiger partial charge on any atom is 0.350 e. The van der Waals surface area contributed by atoms with Gasteiger partial charge in [-0.05, 0) is 12.8 Å². The van der Waals surface area contributed by atoms with Crippen LogP contribution in [0.3, 0.4) is 0 Å². The molecule has 1 heterocycles. The fourth-order valence-corrected chi connectivity index (χ4v) is 2.56. The Morgan fingerprint density at radius 3 is 2.41 bits per heavy atom.